The molecule has 0 spiro atoms. The summed E-state index contributed by atoms with van der Waals surface area (Å²) in [6.45, 7) is 6.44. The normalized spacial score (nSPS) is 18.1. The number of rotatable bonds is 3. The number of carbonyl (C=O) groups excluding carboxylic acids is 2. The zero-order valence-corrected chi connectivity index (χ0v) is 18.2. The van der Waals surface area contributed by atoms with Gasteiger partial charge in [0.15, 0.2) is 5.01 Å². The van der Waals surface area contributed by atoms with Gasteiger partial charge in [-0.2, -0.15) is 0 Å². The van der Waals surface area contributed by atoms with Crippen LogP contribution in [0.4, 0.5) is 0 Å². The Morgan fingerprint density at radius 1 is 1.13 bits per heavy atom. The van der Waals surface area contributed by atoms with Crippen LogP contribution in [0.5, 0.6) is 0 Å². The van der Waals surface area contributed by atoms with Gasteiger partial charge in [0.05, 0.1) is 0 Å². The van der Waals surface area contributed by atoms with Crippen molar-refractivity contribution in [3.8, 4) is 0 Å². The molecule has 0 bridgehead atoms. The van der Waals surface area contributed by atoms with Crippen LogP contribution in [0.15, 0.2) is 29.8 Å². The Balaban J connectivity index is 1.18. The van der Waals surface area contributed by atoms with Gasteiger partial charge < -0.3 is 14.8 Å². The molecule has 0 aliphatic carbocycles. The van der Waals surface area contributed by atoms with E-state index in [4.69, 9.17) is 11.6 Å². The van der Waals surface area contributed by atoms with Crippen molar-refractivity contribution in [2.24, 2.45) is 0 Å². The van der Waals surface area contributed by atoms with Gasteiger partial charge in [-0.05, 0) is 30.7 Å². The number of carbonyl (C=O) groups is 2. The first kappa shape index (κ1) is 19.5. The van der Waals surface area contributed by atoms with E-state index >= 15 is 0 Å². The fraction of sp³-hybridized carbons (Fsp3) is 0.381. The number of aryl methyl sites for hydroxylation is 1. The summed E-state index contributed by atoms with van der Waals surface area (Å²) in [7, 11) is 0. The van der Waals surface area contributed by atoms with Crippen LogP contribution in [-0.2, 0) is 0 Å². The molecule has 9 heteroatoms. The fourth-order valence-electron chi connectivity index (χ4n) is 4.28. The molecule has 30 heavy (non-hydrogen) atoms. The average Bonchev–Trinajstić information content (AvgIpc) is 3.36. The molecule has 3 aromatic rings. The van der Waals surface area contributed by atoms with Gasteiger partial charge in [0.25, 0.3) is 11.8 Å². The Morgan fingerprint density at radius 3 is 2.60 bits per heavy atom. The van der Waals surface area contributed by atoms with E-state index < -0.39 is 0 Å². The molecule has 1 aromatic carbocycles. The van der Waals surface area contributed by atoms with Crippen LogP contribution in [0.3, 0.4) is 0 Å². The standard InChI is InChI=1S/C21H22ClN5O2S/c1-13-16-10-14(22)2-3-17(16)24-18(13)20(28)27-11-15(12-27)25-5-7-26(8-6-25)21(29)19-23-4-9-30-19/h2-4,9-10,15,24H,5-8,11-12H2,1H3. The molecule has 1 N–H and O–H groups in total. The molecule has 2 amide bonds. The summed E-state index contributed by atoms with van der Waals surface area (Å²) in [5.74, 6) is 0.0538. The van der Waals surface area contributed by atoms with E-state index in [1.54, 1.807) is 6.20 Å². The predicted molar refractivity (Wildman–Crippen MR) is 117 cm³/mol. The minimum Gasteiger partial charge on any atom is -0.350 e. The highest BCUT2D eigenvalue weighted by molar-refractivity contribution is 7.11. The second-order valence-electron chi connectivity index (χ2n) is 7.84. The number of hydrogen-bond acceptors (Lipinski definition) is 5. The van der Waals surface area contributed by atoms with Gasteiger partial charge in [-0.15, -0.1) is 11.3 Å². The molecule has 0 atom stereocenters. The quantitative estimate of drug-likeness (QED) is 0.675. The molecule has 0 radical (unpaired) electrons. The number of H-pyrrole nitrogens is 1. The third-order valence-electron chi connectivity index (χ3n) is 6.12. The van der Waals surface area contributed by atoms with Crippen molar-refractivity contribution in [3.63, 3.8) is 0 Å². The van der Waals surface area contributed by atoms with Crippen LogP contribution in [0.2, 0.25) is 5.02 Å². The summed E-state index contributed by atoms with van der Waals surface area (Å²) < 4.78 is 0. The maximum atomic E-state index is 13.0. The van der Waals surface area contributed by atoms with Crippen LogP contribution < -0.4 is 0 Å². The molecule has 2 aromatic heterocycles. The van der Waals surface area contributed by atoms with Gasteiger partial charge in [-0.25, -0.2) is 4.98 Å². The molecule has 2 saturated heterocycles. The average molecular weight is 444 g/mol. The molecular weight excluding hydrogens is 422 g/mol. The summed E-state index contributed by atoms with van der Waals surface area (Å²) >= 11 is 7.48. The molecular formula is C21H22ClN5O2S. The molecule has 2 aliphatic rings. The Hall–Kier alpha value is -2.42. The highest BCUT2D eigenvalue weighted by Crippen LogP contribution is 2.27. The number of benzene rings is 1. The van der Waals surface area contributed by atoms with Crippen molar-refractivity contribution in [1.82, 2.24) is 24.7 Å². The van der Waals surface area contributed by atoms with Crippen molar-refractivity contribution < 1.29 is 9.59 Å². The van der Waals surface area contributed by atoms with Crippen LogP contribution in [0.25, 0.3) is 10.9 Å². The van der Waals surface area contributed by atoms with Crippen molar-refractivity contribution in [1.29, 1.82) is 0 Å². The van der Waals surface area contributed by atoms with Crippen LogP contribution in [0.1, 0.15) is 25.9 Å². The summed E-state index contributed by atoms with van der Waals surface area (Å²) in [5, 5.41) is 4.04. The summed E-state index contributed by atoms with van der Waals surface area (Å²) in [5.41, 5.74) is 2.51. The largest absolute Gasteiger partial charge is 0.350 e. The molecule has 5 rings (SSSR count). The maximum absolute atomic E-state index is 13.0. The Morgan fingerprint density at radius 2 is 1.90 bits per heavy atom. The zero-order chi connectivity index (χ0) is 20.8. The van der Waals surface area contributed by atoms with E-state index in [1.165, 1.54) is 11.3 Å². The molecule has 2 aliphatic heterocycles. The van der Waals surface area contributed by atoms with Crippen molar-refractivity contribution >= 4 is 45.7 Å². The van der Waals surface area contributed by atoms with Gasteiger partial charge in [0.1, 0.15) is 5.69 Å². The van der Waals surface area contributed by atoms with Gasteiger partial charge in [-0.3, -0.25) is 14.5 Å². The number of halogens is 1. The fourth-order valence-corrected chi connectivity index (χ4v) is 5.05. The summed E-state index contributed by atoms with van der Waals surface area (Å²) in [4.78, 5) is 38.9. The molecule has 2 fully saturated rings. The summed E-state index contributed by atoms with van der Waals surface area (Å²) in [6, 6.07) is 5.98. The van der Waals surface area contributed by atoms with Gasteiger partial charge in [0.2, 0.25) is 0 Å². The monoisotopic (exact) mass is 443 g/mol. The number of fused-ring (bicyclic) bond motifs is 1. The van der Waals surface area contributed by atoms with Gasteiger partial charge >= 0.3 is 0 Å². The van der Waals surface area contributed by atoms with Crippen molar-refractivity contribution in [2.45, 2.75) is 13.0 Å². The third-order valence-corrected chi connectivity index (χ3v) is 7.11. The first-order chi connectivity index (χ1) is 14.5. The molecule has 0 unspecified atom stereocenters. The zero-order valence-electron chi connectivity index (χ0n) is 16.6. The molecule has 4 heterocycles. The van der Waals surface area contributed by atoms with Crippen molar-refractivity contribution in [3.05, 3.63) is 51.1 Å². The highest BCUT2D eigenvalue weighted by atomic mass is 35.5. The van der Waals surface area contributed by atoms with Crippen molar-refractivity contribution in [2.75, 3.05) is 39.3 Å². The van der Waals surface area contributed by atoms with E-state index in [9.17, 15) is 9.59 Å². The minimum atomic E-state index is 0.0180. The number of amides is 2. The summed E-state index contributed by atoms with van der Waals surface area (Å²) in [6.07, 6.45) is 1.66. The lowest BCUT2D eigenvalue weighted by Gasteiger charge is -2.48. The van der Waals surface area contributed by atoms with Crippen LogP contribution in [-0.4, -0.2) is 81.8 Å². The number of nitrogens with one attached hydrogen (secondary N) is 1. The second kappa shape index (κ2) is 7.68. The maximum Gasteiger partial charge on any atom is 0.282 e. The van der Waals surface area contributed by atoms with E-state index in [0.717, 1.165) is 42.6 Å². The van der Waals surface area contributed by atoms with E-state index in [-0.39, 0.29) is 11.8 Å². The molecule has 0 saturated carbocycles. The second-order valence-corrected chi connectivity index (χ2v) is 9.18. The van der Waals surface area contributed by atoms with E-state index in [2.05, 4.69) is 14.9 Å². The van der Waals surface area contributed by atoms with Crippen LogP contribution in [0, 0.1) is 6.92 Å². The van der Waals surface area contributed by atoms with Gasteiger partial charge in [0, 0.05) is 72.8 Å². The number of piperazine rings is 1. The Labute approximate surface area is 183 Å². The number of aromatic nitrogens is 2. The predicted octanol–water partition coefficient (Wildman–Crippen LogP) is 2.87. The van der Waals surface area contributed by atoms with E-state index in [1.807, 2.05) is 40.3 Å². The number of likely N-dealkylation sites (tertiary alicyclic amines) is 1. The SMILES string of the molecule is Cc1c(C(=O)N2CC(N3CCN(C(=O)c4nccs4)CC3)C2)[nH]c2ccc(Cl)cc12. The lowest BCUT2D eigenvalue weighted by molar-refractivity contribution is 0.00824. The number of hydrogen-bond donors (Lipinski definition) is 1. The Kier molecular flexibility index (Phi) is 5.00. The minimum absolute atomic E-state index is 0.0180. The number of aromatic amines is 1. The lowest BCUT2D eigenvalue weighted by Crippen LogP contribution is -2.64. The first-order valence-electron chi connectivity index (χ1n) is 10.0. The topological polar surface area (TPSA) is 72.5 Å². The smallest absolute Gasteiger partial charge is 0.282 e. The Bertz CT molecular complexity index is 1100. The third kappa shape index (κ3) is 3.38. The van der Waals surface area contributed by atoms with Gasteiger partial charge in [-0.1, -0.05) is 11.6 Å². The molecule has 7 nitrogen and oxygen atoms in total. The molecule has 156 valence electrons. The number of thiazole rings is 1. The van der Waals surface area contributed by atoms with E-state index in [0.29, 0.717) is 34.9 Å². The highest BCUT2D eigenvalue weighted by Gasteiger charge is 2.38. The first-order valence-corrected chi connectivity index (χ1v) is 11.3. The number of nitrogens with zero attached hydrogens (tertiary/aromatic N) is 4. The van der Waals surface area contributed by atoms with Crippen LogP contribution >= 0.6 is 22.9 Å². The lowest BCUT2D eigenvalue weighted by atomic mass is 10.0.